The summed E-state index contributed by atoms with van der Waals surface area (Å²) in [4.78, 5) is 20.2. The second kappa shape index (κ2) is 13.0. The van der Waals surface area contributed by atoms with Crippen LogP contribution in [0.25, 0.3) is 0 Å². The summed E-state index contributed by atoms with van der Waals surface area (Å²) in [6.07, 6.45) is 0.174. The van der Waals surface area contributed by atoms with Gasteiger partial charge in [0.05, 0.1) is 13.5 Å². The van der Waals surface area contributed by atoms with Crippen molar-refractivity contribution in [1.82, 2.24) is 0 Å². The van der Waals surface area contributed by atoms with Crippen LogP contribution in [0.2, 0.25) is 0 Å². The van der Waals surface area contributed by atoms with Crippen LogP contribution in [0.3, 0.4) is 0 Å². The van der Waals surface area contributed by atoms with Crippen LogP contribution in [0.5, 0.6) is 17.2 Å². The molecule has 3 aromatic rings. The van der Waals surface area contributed by atoms with Gasteiger partial charge in [-0.05, 0) is 35.7 Å². The fourth-order valence-electron chi connectivity index (χ4n) is 3.25. The van der Waals surface area contributed by atoms with Crippen molar-refractivity contribution in [3.05, 3.63) is 89.2 Å². The number of nitrogens with zero attached hydrogens (tertiary/aromatic N) is 1. The van der Waals surface area contributed by atoms with Crippen LogP contribution in [-0.4, -0.2) is 32.5 Å². The molecule has 9 heteroatoms. The van der Waals surface area contributed by atoms with Gasteiger partial charge < -0.3 is 23.9 Å². The highest BCUT2D eigenvalue weighted by molar-refractivity contribution is 6.01. The Morgan fingerprint density at radius 3 is 2.46 bits per heavy atom. The molecule has 0 bridgehead atoms. The van der Waals surface area contributed by atoms with Crippen LogP contribution >= 0.6 is 0 Å². The fraction of sp³-hybridized carbons (Fsp3) is 0.231. The zero-order valence-electron chi connectivity index (χ0n) is 19.5. The van der Waals surface area contributed by atoms with Gasteiger partial charge in [0.25, 0.3) is 0 Å². The van der Waals surface area contributed by atoms with Gasteiger partial charge in [-0.1, -0.05) is 47.6 Å². The molecule has 0 aliphatic rings. The maximum Gasteiger partial charge on any atom is 0.324 e. The Labute approximate surface area is 203 Å². The molecule has 0 aliphatic heterocycles. The highest BCUT2D eigenvalue weighted by Crippen LogP contribution is 2.29. The van der Waals surface area contributed by atoms with E-state index in [2.05, 4.69) is 9.99 Å². The molecular formula is C26H27FN2O6. The van der Waals surface area contributed by atoms with Crippen LogP contribution < -0.4 is 20.1 Å². The maximum atomic E-state index is 14.3. The molecular weight excluding hydrogens is 455 g/mol. The molecule has 35 heavy (non-hydrogen) atoms. The van der Waals surface area contributed by atoms with E-state index in [4.69, 9.17) is 24.9 Å². The van der Waals surface area contributed by atoms with Gasteiger partial charge in [-0.25, -0.2) is 4.39 Å². The van der Waals surface area contributed by atoms with Gasteiger partial charge in [0.1, 0.15) is 37.6 Å². The summed E-state index contributed by atoms with van der Waals surface area (Å²) in [6, 6.07) is 19.4. The third-order valence-electron chi connectivity index (χ3n) is 5.06. The van der Waals surface area contributed by atoms with Crippen LogP contribution in [0.1, 0.15) is 23.1 Å². The second-order valence-electron chi connectivity index (χ2n) is 7.39. The number of methoxy groups -OCH3 is 1. The van der Waals surface area contributed by atoms with Gasteiger partial charge >= 0.3 is 5.97 Å². The lowest BCUT2D eigenvalue weighted by Crippen LogP contribution is -2.14. The normalized spacial score (nSPS) is 11.0. The lowest BCUT2D eigenvalue weighted by Gasteiger charge is -2.14. The highest BCUT2D eigenvalue weighted by Gasteiger charge is 2.12. The SMILES string of the molecule is CO/N=C(\COc1ccc(COc2ccc(CCC(=O)ON)c(F)c2)cc1OC)c1ccccc1. The Hall–Kier alpha value is -4.11. The summed E-state index contributed by atoms with van der Waals surface area (Å²) < 4.78 is 31.4. The van der Waals surface area contributed by atoms with E-state index in [1.54, 1.807) is 31.4 Å². The number of aryl methyl sites for hydroxylation is 1. The topological polar surface area (TPSA) is 102 Å². The van der Waals surface area contributed by atoms with E-state index in [9.17, 15) is 9.18 Å². The average Bonchev–Trinajstić information content (AvgIpc) is 2.89. The first-order chi connectivity index (χ1) is 17.0. The van der Waals surface area contributed by atoms with Crippen molar-refractivity contribution in [2.24, 2.45) is 11.1 Å². The molecule has 8 nitrogen and oxygen atoms in total. The molecule has 0 amide bonds. The number of carbonyl (C=O) groups excluding carboxylic acids is 1. The second-order valence-corrected chi connectivity index (χ2v) is 7.39. The number of rotatable bonds is 12. The number of halogens is 1. The van der Waals surface area contributed by atoms with Gasteiger partial charge in [0.15, 0.2) is 11.5 Å². The Kier molecular flexibility index (Phi) is 9.44. The standard InChI is InChI=1S/C26H27FN2O6/c1-31-25-14-18(16-33-21-11-9-19(22(27)15-21)10-13-26(30)35-28)8-12-24(25)34-17-23(29-32-2)20-6-4-3-5-7-20/h3-9,11-12,14-15H,10,13,16-17,28H2,1-2H3/b29-23+. The maximum absolute atomic E-state index is 14.3. The minimum absolute atomic E-state index is 0.00793. The summed E-state index contributed by atoms with van der Waals surface area (Å²) >= 11 is 0. The summed E-state index contributed by atoms with van der Waals surface area (Å²) in [5.41, 5.74) is 2.69. The molecule has 0 saturated heterocycles. The predicted octanol–water partition coefficient (Wildman–Crippen LogP) is 4.19. The molecule has 0 radical (unpaired) electrons. The molecule has 0 saturated carbocycles. The molecule has 184 valence electrons. The van der Waals surface area contributed by atoms with E-state index in [0.717, 1.165) is 11.1 Å². The Bertz CT molecular complexity index is 1150. The fourth-order valence-corrected chi connectivity index (χ4v) is 3.25. The minimum atomic E-state index is -0.603. The first-order valence-electron chi connectivity index (χ1n) is 10.8. The molecule has 0 spiro atoms. The Morgan fingerprint density at radius 1 is 0.971 bits per heavy atom. The Balaban J connectivity index is 1.61. The van der Waals surface area contributed by atoms with Crippen molar-refractivity contribution in [3.63, 3.8) is 0 Å². The van der Waals surface area contributed by atoms with Crippen LogP contribution in [-0.2, 0) is 27.5 Å². The molecule has 2 N–H and O–H groups in total. The molecule has 0 aromatic heterocycles. The monoisotopic (exact) mass is 482 g/mol. The number of nitrogens with two attached hydrogens (primary N) is 1. The quantitative estimate of drug-likeness (QED) is 0.305. The first kappa shape index (κ1) is 25.5. The van der Waals surface area contributed by atoms with Gasteiger partial charge in [-0.15, -0.1) is 0 Å². The zero-order valence-corrected chi connectivity index (χ0v) is 19.5. The van der Waals surface area contributed by atoms with Crippen LogP contribution in [0.4, 0.5) is 4.39 Å². The summed E-state index contributed by atoms with van der Waals surface area (Å²) in [5, 5.41) is 4.06. The summed E-state index contributed by atoms with van der Waals surface area (Å²) in [5.74, 6) is 5.13. The molecule has 3 aromatic carbocycles. The van der Waals surface area contributed by atoms with Gasteiger partial charge in [-0.2, -0.15) is 5.90 Å². The van der Waals surface area contributed by atoms with Crippen molar-refractivity contribution in [1.29, 1.82) is 0 Å². The van der Waals surface area contributed by atoms with Crippen LogP contribution in [0.15, 0.2) is 71.9 Å². The zero-order chi connectivity index (χ0) is 25.0. The number of hydrogen-bond donors (Lipinski definition) is 1. The van der Waals surface area contributed by atoms with Crippen molar-refractivity contribution < 1.29 is 33.1 Å². The molecule has 0 unspecified atom stereocenters. The minimum Gasteiger partial charge on any atom is -0.493 e. The van der Waals surface area contributed by atoms with Crippen molar-refractivity contribution in [2.75, 3.05) is 20.8 Å². The third-order valence-corrected chi connectivity index (χ3v) is 5.06. The lowest BCUT2D eigenvalue weighted by atomic mass is 10.1. The van der Waals surface area contributed by atoms with E-state index in [1.165, 1.54) is 13.2 Å². The number of hydrogen-bond acceptors (Lipinski definition) is 8. The van der Waals surface area contributed by atoms with E-state index in [1.807, 2.05) is 36.4 Å². The molecule has 3 rings (SSSR count). The highest BCUT2D eigenvalue weighted by atomic mass is 19.1. The van der Waals surface area contributed by atoms with Gasteiger partial charge in [0, 0.05) is 11.6 Å². The van der Waals surface area contributed by atoms with Gasteiger partial charge in [0.2, 0.25) is 0 Å². The van der Waals surface area contributed by atoms with E-state index < -0.39 is 11.8 Å². The molecule has 0 heterocycles. The van der Waals surface area contributed by atoms with Crippen LogP contribution in [0, 0.1) is 5.82 Å². The van der Waals surface area contributed by atoms with E-state index in [-0.39, 0.29) is 26.1 Å². The van der Waals surface area contributed by atoms with Gasteiger partial charge in [-0.3, -0.25) is 4.79 Å². The third kappa shape index (κ3) is 7.44. The number of oxime groups is 1. The number of benzene rings is 3. The molecule has 0 atom stereocenters. The summed E-state index contributed by atoms with van der Waals surface area (Å²) in [7, 11) is 3.03. The number of carbonyl (C=O) groups is 1. The van der Waals surface area contributed by atoms with Crippen molar-refractivity contribution >= 4 is 11.7 Å². The van der Waals surface area contributed by atoms with E-state index >= 15 is 0 Å². The largest absolute Gasteiger partial charge is 0.493 e. The molecule has 0 fully saturated rings. The average molecular weight is 483 g/mol. The Morgan fingerprint density at radius 2 is 1.77 bits per heavy atom. The molecule has 0 aliphatic carbocycles. The number of ether oxygens (including phenoxy) is 3. The summed E-state index contributed by atoms with van der Waals surface area (Å²) in [6.45, 7) is 0.369. The van der Waals surface area contributed by atoms with Crippen molar-refractivity contribution in [3.8, 4) is 17.2 Å². The van der Waals surface area contributed by atoms with Crippen molar-refractivity contribution in [2.45, 2.75) is 19.4 Å². The first-order valence-corrected chi connectivity index (χ1v) is 10.8. The smallest absolute Gasteiger partial charge is 0.324 e. The predicted molar refractivity (Wildman–Crippen MR) is 128 cm³/mol. The van der Waals surface area contributed by atoms with E-state index in [0.29, 0.717) is 28.5 Å². The lowest BCUT2D eigenvalue weighted by molar-refractivity contribution is -0.144.